The molecular weight excluding hydrogens is 331 g/mol. The number of carbonyl (C=O) groups is 1. The Morgan fingerprint density at radius 3 is 2.15 bits per heavy atom. The number of carboxylic acids is 1. The third-order valence-electron chi connectivity index (χ3n) is 4.20. The van der Waals surface area contributed by atoms with Crippen LogP contribution in [0.25, 0.3) is 0 Å². The highest BCUT2D eigenvalue weighted by atomic mass is 17.1. The lowest BCUT2D eigenvalue weighted by atomic mass is 9.67. The van der Waals surface area contributed by atoms with Gasteiger partial charge in [0.25, 0.3) is 0 Å². The van der Waals surface area contributed by atoms with Crippen LogP contribution in [-0.2, 0) is 9.60 Å². The Labute approximate surface area is 158 Å². The first kappa shape index (κ1) is 24.6. The van der Waals surface area contributed by atoms with Crippen LogP contribution in [0.3, 0.4) is 0 Å². The molecule has 0 spiro atoms. The van der Waals surface area contributed by atoms with E-state index in [4.69, 9.17) is 10.4 Å². The number of hydrogen-bond donors (Lipinski definition) is 3. The number of unbranched alkanes of at least 4 members (excludes halogenated alkanes) is 3. The minimum Gasteiger partial charge on any atom is -0.481 e. The lowest BCUT2D eigenvalue weighted by Gasteiger charge is -2.15. The van der Waals surface area contributed by atoms with Gasteiger partial charge in [0.2, 0.25) is 0 Å². The van der Waals surface area contributed by atoms with Gasteiger partial charge in [-0.05, 0) is 44.3 Å². The normalized spacial score (nSPS) is 13.2. The fourth-order valence-electron chi connectivity index (χ4n) is 2.63. The van der Waals surface area contributed by atoms with Gasteiger partial charge in [-0.15, -0.1) is 0 Å². The summed E-state index contributed by atoms with van der Waals surface area (Å²) in [6, 6.07) is 0. The van der Waals surface area contributed by atoms with E-state index in [1.165, 1.54) is 0 Å². The number of hydrogen-bond acceptors (Lipinski definition) is 4. The summed E-state index contributed by atoms with van der Waals surface area (Å²) in [5.41, 5.74) is 0. The SMILES string of the molecule is CCCCCC(CCC=CCC=CCC=CCCCC(=O)O)B(O)OO. The summed E-state index contributed by atoms with van der Waals surface area (Å²) in [7, 11) is -1.09. The average Bonchev–Trinajstić information content (AvgIpc) is 2.63. The first-order chi connectivity index (χ1) is 12.6. The summed E-state index contributed by atoms with van der Waals surface area (Å²) >= 11 is 0. The molecule has 0 amide bonds. The van der Waals surface area contributed by atoms with Crippen molar-refractivity contribution in [3.8, 4) is 0 Å². The van der Waals surface area contributed by atoms with E-state index in [-0.39, 0.29) is 12.2 Å². The zero-order valence-corrected chi connectivity index (χ0v) is 16.1. The maximum Gasteiger partial charge on any atom is 0.490 e. The Morgan fingerprint density at radius 2 is 1.58 bits per heavy atom. The quantitative estimate of drug-likeness (QED) is 0.106. The van der Waals surface area contributed by atoms with Gasteiger partial charge in [0.1, 0.15) is 0 Å². The summed E-state index contributed by atoms with van der Waals surface area (Å²) in [6.07, 6.45) is 21.7. The molecule has 0 bridgehead atoms. The van der Waals surface area contributed by atoms with Gasteiger partial charge in [-0.1, -0.05) is 69.1 Å². The first-order valence-corrected chi connectivity index (χ1v) is 9.76. The zero-order chi connectivity index (χ0) is 19.5. The van der Waals surface area contributed by atoms with Crippen molar-refractivity contribution in [2.45, 2.75) is 83.4 Å². The van der Waals surface area contributed by atoms with Crippen molar-refractivity contribution in [3.05, 3.63) is 36.5 Å². The van der Waals surface area contributed by atoms with Crippen molar-refractivity contribution in [3.63, 3.8) is 0 Å². The van der Waals surface area contributed by atoms with E-state index >= 15 is 0 Å². The molecule has 0 aromatic carbocycles. The van der Waals surface area contributed by atoms with Crippen LogP contribution < -0.4 is 0 Å². The fraction of sp³-hybridized carbons (Fsp3) is 0.650. The van der Waals surface area contributed by atoms with Crippen molar-refractivity contribution in [1.82, 2.24) is 0 Å². The number of carboxylic acid groups (broad SMARTS) is 1. The molecule has 1 atom stereocenters. The van der Waals surface area contributed by atoms with E-state index in [0.29, 0.717) is 6.42 Å². The second kappa shape index (κ2) is 18.4. The molecule has 0 aliphatic heterocycles. The van der Waals surface area contributed by atoms with E-state index in [2.05, 4.69) is 42.1 Å². The topological polar surface area (TPSA) is 87.0 Å². The van der Waals surface area contributed by atoms with Crippen molar-refractivity contribution >= 4 is 13.1 Å². The molecule has 0 rings (SSSR count). The second-order valence-corrected chi connectivity index (χ2v) is 6.50. The van der Waals surface area contributed by atoms with E-state index in [1.807, 2.05) is 6.08 Å². The van der Waals surface area contributed by atoms with Gasteiger partial charge >= 0.3 is 13.1 Å². The maximum atomic E-state index is 10.4. The summed E-state index contributed by atoms with van der Waals surface area (Å²) in [6.45, 7) is 2.14. The van der Waals surface area contributed by atoms with Gasteiger partial charge in [-0.3, -0.25) is 14.9 Å². The van der Waals surface area contributed by atoms with Gasteiger partial charge in [-0.2, -0.15) is 0 Å². The molecule has 0 aliphatic carbocycles. The molecule has 26 heavy (non-hydrogen) atoms. The monoisotopic (exact) mass is 366 g/mol. The first-order valence-electron chi connectivity index (χ1n) is 9.76. The lowest BCUT2D eigenvalue weighted by molar-refractivity contribution is -0.160. The minimum atomic E-state index is -1.09. The Balaban J connectivity index is 3.79. The molecular formula is C20H35BO5. The molecule has 6 heteroatoms. The van der Waals surface area contributed by atoms with Crippen molar-refractivity contribution in [1.29, 1.82) is 0 Å². The lowest BCUT2D eigenvalue weighted by Crippen LogP contribution is -2.23. The number of rotatable bonds is 17. The highest BCUT2D eigenvalue weighted by Gasteiger charge is 2.25. The standard InChI is InChI=1S/C20H35BO5/c1-2-3-13-16-19(21(24)26-25)17-14-11-9-7-5-4-6-8-10-12-15-18-20(22)23/h4-5,8-11,19,24-25H,2-3,6-7,12-18H2,1H3,(H,22,23). The van der Waals surface area contributed by atoms with Gasteiger partial charge in [0.05, 0.1) is 0 Å². The van der Waals surface area contributed by atoms with Crippen LogP contribution in [0.1, 0.15) is 77.6 Å². The smallest absolute Gasteiger partial charge is 0.481 e. The van der Waals surface area contributed by atoms with Crippen LogP contribution in [0.4, 0.5) is 0 Å². The van der Waals surface area contributed by atoms with Crippen LogP contribution in [-0.4, -0.2) is 28.5 Å². The molecule has 0 aliphatic rings. The average molecular weight is 366 g/mol. The maximum absolute atomic E-state index is 10.4. The summed E-state index contributed by atoms with van der Waals surface area (Å²) in [4.78, 5) is 14.5. The largest absolute Gasteiger partial charge is 0.490 e. The zero-order valence-electron chi connectivity index (χ0n) is 16.1. The Bertz CT molecular complexity index is 420. The van der Waals surface area contributed by atoms with Crippen LogP contribution in [0.15, 0.2) is 36.5 Å². The second-order valence-electron chi connectivity index (χ2n) is 6.50. The summed E-state index contributed by atoms with van der Waals surface area (Å²) in [5, 5.41) is 26.9. The molecule has 0 saturated carbocycles. The molecule has 5 nitrogen and oxygen atoms in total. The Morgan fingerprint density at radius 1 is 0.962 bits per heavy atom. The van der Waals surface area contributed by atoms with Gasteiger partial charge in [-0.25, -0.2) is 0 Å². The van der Waals surface area contributed by atoms with Gasteiger partial charge in [0.15, 0.2) is 0 Å². The van der Waals surface area contributed by atoms with E-state index in [9.17, 15) is 9.82 Å². The molecule has 0 aromatic rings. The molecule has 148 valence electrons. The van der Waals surface area contributed by atoms with Crippen molar-refractivity contribution in [2.75, 3.05) is 0 Å². The van der Waals surface area contributed by atoms with Crippen LogP contribution >= 0.6 is 0 Å². The molecule has 0 heterocycles. The van der Waals surface area contributed by atoms with Crippen molar-refractivity contribution < 1.29 is 25.0 Å². The van der Waals surface area contributed by atoms with Crippen LogP contribution in [0.5, 0.6) is 0 Å². The molecule has 0 saturated heterocycles. The van der Waals surface area contributed by atoms with Crippen molar-refractivity contribution in [2.24, 2.45) is 0 Å². The Hall–Kier alpha value is -1.37. The fourth-order valence-corrected chi connectivity index (χ4v) is 2.63. The van der Waals surface area contributed by atoms with E-state index in [0.717, 1.165) is 57.8 Å². The van der Waals surface area contributed by atoms with Crippen LogP contribution in [0.2, 0.25) is 5.82 Å². The molecule has 0 aromatic heterocycles. The molecule has 0 fully saturated rings. The van der Waals surface area contributed by atoms with Crippen LogP contribution in [0, 0.1) is 0 Å². The van der Waals surface area contributed by atoms with E-state index < -0.39 is 13.1 Å². The van der Waals surface area contributed by atoms with E-state index in [1.54, 1.807) is 0 Å². The number of allylic oxidation sites excluding steroid dienone is 6. The predicted octanol–water partition coefficient (Wildman–Crippen LogP) is 5.39. The highest BCUT2D eigenvalue weighted by molar-refractivity contribution is 6.44. The predicted molar refractivity (Wildman–Crippen MR) is 107 cm³/mol. The number of aliphatic carboxylic acids is 1. The third-order valence-corrected chi connectivity index (χ3v) is 4.20. The highest BCUT2D eigenvalue weighted by Crippen LogP contribution is 2.24. The molecule has 3 N–H and O–H groups in total. The van der Waals surface area contributed by atoms with Gasteiger partial charge < -0.3 is 10.1 Å². The molecule has 1 unspecified atom stereocenters. The summed E-state index contributed by atoms with van der Waals surface area (Å²) < 4.78 is 0. The molecule has 0 radical (unpaired) electrons. The minimum absolute atomic E-state index is 0.0296. The summed E-state index contributed by atoms with van der Waals surface area (Å²) in [5.74, 6) is -0.770. The third kappa shape index (κ3) is 16.1. The van der Waals surface area contributed by atoms with Gasteiger partial charge in [0, 0.05) is 6.42 Å². The Kier molecular flexibility index (Phi) is 17.5.